The Morgan fingerprint density at radius 1 is 1.05 bits per heavy atom. The number of nitrogens with one attached hydrogen (secondary N) is 1. The zero-order chi connectivity index (χ0) is 26.2. The molecule has 11 heteroatoms. The van der Waals surface area contributed by atoms with E-state index in [-0.39, 0.29) is 5.75 Å². The Labute approximate surface area is 215 Å². The summed E-state index contributed by atoms with van der Waals surface area (Å²) in [6, 6.07) is 15.3. The van der Waals surface area contributed by atoms with Gasteiger partial charge in [0.15, 0.2) is 0 Å². The molecule has 3 aromatic heterocycles. The fourth-order valence-electron chi connectivity index (χ4n) is 4.01. The summed E-state index contributed by atoms with van der Waals surface area (Å²) in [4.78, 5) is 4.60. The Morgan fingerprint density at radius 3 is 2.54 bits per heavy atom. The SMILES string of the molecule is CCS(=O)(=O)Nc1cc(-n2cccc2)cc(-n2cnc3cc(-c4cn(CCC(C)(C)O)nn4)ccc32)c1. The van der Waals surface area contributed by atoms with E-state index in [0.717, 1.165) is 33.7 Å². The van der Waals surface area contributed by atoms with Crippen LogP contribution in [0.5, 0.6) is 0 Å². The third-order valence-corrected chi connectivity index (χ3v) is 7.38. The lowest BCUT2D eigenvalue weighted by Gasteiger charge is -2.15. The fourth-order valence-corrected chi connectivity index (χ4v) is 4.63. The van der Waals surface area contributed by atoms with E-state index in [4.69, 9.17) is 0 Å². The van der Waals surface area contributed by atoms with Crippen molar-refractivity contribution < 1.29 is 13.5 Å². The van der Waals surface area contributed by atoms with Crippen molar-refractivity contribution in [3.05, 3.63) is 73.4 Å². The number of nitrogens with zero attached hydrogens (tertiary/aromatic N) is 6. The molecular weight excluding hydrogens is 490 g/mol. The lowest BCUT2D eigenvalue weighted by atomic mass is 10.1. The third-order valence-electron chi connectivity index (χ3n) is 6.07. The van der Waals surface area contributed by atoms with Gasteiger partial charge in [0, 0.05) is 30.2 Å². The topological polar surface area (TPSA) is 120 Å². The summed E-state index contributed by atoms with van der Waals surface area (Å²) in [6.07, 6.45) is 7.96. The Balaban J connectivity index is 1.50. The van der Waals surface area contributed by atoms with Crippen molar-refractivity contribution in [2.45, 2.75) is 39.3 Å². The van der Waals surface area contributed by atoms with Crippen molar-refractivity contribution in [1.82, 2.24) is 29.1 Å². The molecule has 0 aliphatic carbocycles. The van der Waals surface area contributed by atoms with Gasteiger partial charge in [-0.3, -0.25) is 14.0 Å². The van der Waals surface area contributed by atoms with Gasteiger partial charge in [-0.2, -0.15) is 0 Å². The molecular formula is C26H29N7O3S. The number of hydrogen-bond donors (Lipinski definition) is 2. The van der Waals surface area contributed by atoms with Crippen LogP contribution in [0.15, 0.2) is 73.4 Å². The van der Waals surface area contributed by atoms with Crippen LogP contribution in [0.2, 0.25) is 0 Å². The number of benzene rings is 2. The molecule has 0 radical (unpaired) electrons. The Kier molecular flexibility index (Phi) is 6.34. The van der Waals surface area contributed by atoms with Gasteiger partial charge in [-0.25, -0.2) is 13.4 Å². The van der Waals surface area contributed by atoms with Crippen molar-refractivity contribution in [1.29, 1.82) is 0 Å². The van der Waals surface area contributed by atoms with Crippen LogP contribution in [0.1, 0.15) is 27.2 Å². The highest BCUT2D eigenvalue weighted by Crippen LogP contribution is 2.28. The molecule has 5 aromatic rings. The second kappa shape index (κ2) is 9.49. The molecule has 2 N–H and O–H groups in total. The number of aliphatic hydroxyl groups is 1. The maximum Gasteiger partial charge on any atom is 0.232 e. The van der Waals surface area contributed by atoms with Crippen LogP contribution in [0.25, 0.3) is 33.7 Å². The zero-order valence-electron chi connectivity index (χ0n) is 20.9. The Morgan fingerprint density at radius 2 is 1.81 bits per heavy atom. The molecule has 0 amide bonds. The number of hydrogen-bond acceptors (Lipinski definition) is 6. The highest BCUT2D eigenvalue weighted by atomic mass is 32.2. The van der Waals surface area contributed by atoms with Gasteiger partial charge in [0.1, 0.15) is 12.0 Å². The van der Waals surface area contributed by atoms with E-state index in [1.807, 2.05) is 64.1 Å². The van der Waals surface area contributed by atoms with Crippen LogP contribution in [-0.4, -0.2) is 54.0 Å². The fraction of sp³-hybridized carbons (Fsp3) is 0.269. The standard InChI is InChI=1S/C26H29N7O3S/c1-4-37(35,36)29-20-14-21(31-10-5-6-11-31)16-22(15-20)33-18-27-23-13-19(7-8-25(23)33)24-17-32(30-28-24)12-9-26(2,3)34/h5-8,10-11,13-18,29,34H,4,9,12H2,1-3H3. The summed E-state index contributed by atoms with van der Waals surface area (Å²) in [5, 5.41) is 18.4. The first-order valence-electron chi connectivity index (χ1n) is 12.0. The van der Waals surface area contributed by atoms with Crippen LogP contribution in [0.3, 0.4) is 0 Å². The molecule has 0 aliphatic heterocycles. The van der Waals surface area contributed by atoms with Crippen molar-refractivity contribution in [3.63, 3.8) is 0 Å². The zero-order valence-corrected chi connectivity index (χ0v) is 21.7. The van der Waals surface area contributed by atoms with Crippen LogP contribution in [0, 0.1) is 0 Å². The van der Waals surface area contributed by atoms with Gasteiger partial charge in [-0.15, -0.1) is 5.10 Å². The number of aryl methyl sites for hydroxylation is 1. The summed E-state index contributed by atoms with van der Waals surface area (Å²) in [7, 11) is -3.45. The first kappa shape index (κ1) is 24.7. The maximum absolute atomic E-state index is 12.3. The first-order valence-corrected chi connectivity index (χ1v) is 13.6. The van der Waals surface area contributed by atoms with Crippen molar-refractivity contribution in [2.75, 3.05) is 10.5 Å². The van der Waals surface area contributed by atoms with Crippen molar-refractivity contribution in [2.24, 2.45) is 0 Å². The molecule has 5 rings (SSSR count). The number of fused-ring (bicyclic) bond motifs is 1. The molecule has 3 heterocycles. The largest absolute Gasteiger partial charge is 0.390 e. The van der Waals surface area contributed by atoms with Crippen LogP contribution < -0.4 is 4.72 Å². The van der Waals surface area contributed by atoms with Crippen molar-refractivity contribution in [3.8, 4) is 22.6 Å². The minimum Gasteiger partial charge on any atom is -0.390 e. The summed E-state index contributed by atoms with van der Waals surface area (Å²) in [6.45, 7) is 5.71. The monoisotopic (exact) mass is 519 g/mol. The van der Waals surface area contributed by atoms with Gasteiger partial charge < -0.3 is 9.67 Å². The van der Waals surface area contributed by atoms with E-state index in [1.54, 1.807) is 43.9 Å². The molecule has 0 fully saturated rings. The quantitative estimate of drug-likeness (QED) is 0.304. The maximum atomic E-state index is 12.3. The predicted molar refractivity (Wildman–Crippen MR) is 143 cm³/mol. The van der Waals surface area contributed by atoms with Crippen molar-refractivity contribution >= 4 is 26.7 Å². The number of sulfonamides is 1. The molecule has 37 heavy (non-hydrogen) atoms. The average molecular weight is 520 g/mol. The minimum absolute atomic E-state index is 0.0186. The molecule has 2 aromatic carbocycles. The van der Waals surface area contributed by atoms with E-state index in [1.165, 1.54) is 0 Å². The van der Waals surface area contributed by atoms with Gasteiger partial charge >= 0.3 is 0 Å². The summed E-state index contributed by atoms with van der Waals surface area (Å²) in [5.74, 6) is -0.0186. The average Bonchev–Trinajstić information content (AvgIpc) is 3.62. The Bertz CT molecular complexity index is 1650. The lowest BCUT2D eigenvalue weighted by Crippen LogP contribution is -2.21. The minimum atomic E-state index is -3.45. The van der Waals surface area contributed by atoms with Crippen LogP contribution in [-0.2, 0) is 16.6 Å². The Hall–Kier alpha value is -3.96. The third kappa shape index (κ3) is 5.57. The highest BCUT2D eigenvalue weighted by molar-refractivity contribution is 7.92. The summed E-state index contributed by atoms with van der Waals surface area (Å²) < 4.78 is 32.8. The molecule has 0 saturated heterocycles. The second-order valence-corrected chi connectivity index (χ2v) is 11.6. The number of aromatic nitrogens is 6. The number of rotatable bonds is 9. The molecule has 0 spiro atoms. The predicted octanol–water partition coefficient (Wildman–Crippen LogP) is 4.00. The van der Waals surface area contributed by atoms with Crippen LogP contribution in [0.4, 0.5) is 5.69 Å². The summed E-state index contributed by atoms with van der Waals surface area (Å²) >= 11 is 0. The second-order valence-electron chi connectivity index (χ2n) is 9.58. The smallest absolute Gasteiger partial charge is 0.232 e. The van der Waals surface area contributed by atoms with Gasteiger partial charge in [0.05, 0.1) is 40.0 Å². The van der Waals surface area contributed by atoms with Gasteiger partial charge in [-0.05, 0) is 69.7 Å². The van der Waals surface area contributed by atoms with Gasteiger partial charge in [-0.1, -0.05) is 11.3 Å². The van der Waals surface area contributed by atoms with E-state index in [9.17, 15) is 13.5 Å². The van der Waals surface area contributed by atoms with E-state index in [0.29, 0.717) is 18.7 Å². The molecule has 10 nitrogen and oxygen atoms in total. The molecule has 192 valence electrons. The lowest BCUT2D eigenvalue weighted by molar-refractivity contribution is 0.0649. The molecule has 0 aliphatic rings. The normalized spacial score (nSPS) is 12.3. The van der Waals surface area contributed by atoms with Gasteiger partial charge in [0.25, 0.3) is 0 Å². The summed E-state index contributed by atoms with van der Waals surface area (Å²) in [5.41, 5.74) is 4.53. The van der Waals surface area contributed by atoms with E-state index in [2.05, 4.69) is 20.0 Å². The van der Waals surface area contributed by atoms with E-state index >= 15 is 0 Å². The van der Waals surface area contributed by atoms with Crippen LogP contribution >= 0.6 is 0 Å². The molecule has 0 unspecified atom stereocenters. The number of anilines is 1. The first-order chi connectivity index (χ1) is 17.6. The molecule has 0 atom stereocenters. The highest BCUT2D eigenvalue weighted by Gasteiger charge is 2.15. The van der Waals surface area contributed by atoms with E-state index < -0.39 is 15.6 Å². The molecule has 0 bridgehead atoms. The number of imidazole rings is 1. The van der Waals surface area contributed by atoms with Gasteiger partial charge in [0.2, 0.25) is 10.0 Å². The molecule has 0 saturated carbocycles.